The molecule has 1 amide bonds. The molecule has 0 aliphatic heterocycles. The lowest BCUT2D eigenvalue weighted by Crippen LogP contribution is -2.31. The predicted octanol–water partition coefficient (Wildman–Crippen LogP) is 3.35. The van der Waals surface area contributed by atoms with E-state index in [1.807, 2.05) is 41.9 Å². The Morgan fingerprint density at radius 2 is 1.87 bits per heavy atom. The molecule has 6 heteroatoms. The van der Waals surface area contributed by atoms with Gasteiger partial charge >= 0.3 is 0 Å². The summed E-state index contributed by atoms with van der Waals surface area (Å²) in [5.41, 5.74) is 13.2. The van der Waals surface area contributed by atoms with Crippen molar-refractivity contribution < 1.29 is 20.9 Å². The van der Waals surface area contributed by atoms with E-state index in [1.54, 1.807) is 17.6 Å². The topological polar surface area (TPSA) is 108 Å². The van der Waals surface area contributed by atoms with Gasteiger partial charge in [-0.25, -0.2) is 5.48 Å². The molecule has 1 aliphatic carbocycles. The molecule has 0 bridgehead atoms. The molecule has 3 rings (SSSR count). The van der Waals surface area contributed by atoms with Crippen LogP contribution in [0.25, 0.3) is 0 Å². The van der Waals surface area contributed by atoms with Crippen molar-refractivity contribution >= 4 is 17.3 Å². The molecule has 1 unspecified atom stereocenters. The Kier molecular flexibility index (Phi) is 5.96. The Morgan fingerprint density at radius 1 is 1.13 bits per heavy atom. The minimum absolute atomic E-state index is 0. The first-order chi connectivity index (χ1) is 11.1. The smallest absolute Gasteiger partial charge is 0.246 e. The van der Waals surface area contributed by atoms with Crippen LogP contribution >= 0.6 is 0 Å². The largest absolute Gasteiger partial charge is 0.399 e. The Morgan fingerprint density at radius 3 is 2.48 bits per heavy atom. The van der Waals surface area contributed by atoms with Crippen LogP contribution in [0.15, 0.2) is 48.5 Å². The first kappa shape index (κ1) is 16.8. The van der Waals surface area contributed by atoms with Crippen molar-refractivity contribution in [2.75, 3.05) is 11.2 Å². The highest BCUT2D eigenvalue weighted by atomic mass is 16.5. The molecule has 2 aromatic rings. The number of rotatable bonds is 2. The molecular weight excluding hydrogens is 294 g/mol. The standard InChI is InChI=1S/C11H14N2O2.C6H7NO.4H2/c12-10-4-3-7-1-2-8(11(14)13-15)5-9(7)6-10;8-7-6-4-2-1-3-5-6;;;;/h3-4,6,8,15H,1-2,5,12H2,(H,13,14);1-5,7-8H;4*1H. The summed E-state index contributed by atoms with van der Waals surface area (Å²) in [6, 6.07) is 14.9. The Bertz CT molecular complexity index is 663. The Hall–Kier alpha value is -2.57. The number of hydroxylamine groups is 1. The SMILES string of the molecule is Nc1ccc2c(c1)CC(C(=O)NO)CC2.ONc1ccccc1.[HH].[HH].[HH].[HH]. The second-order valence-electron chi connectivity index (χ2n) is 5.42. The third-order valence-corrected chi connectivity index (χ3v) is 3.84. The van der Waals surface area contributed by atoms with Gasteiger partial charge in [0.25, 0.3) is 0 Å². The van der Waals surface area contributed by atoms with Gasteiger partial charge in [0.1, 0.15) is 0 Å². The number of aryl methyl sites for hydroxylation is 1. The highest BCUT2D eigenvalue weighted by Gasteiger charge is 2.24. The first-order valence-electron chi connectivity index (χ1n) is 7.40. The highest BCUT2D eigenvalue weighted by Crippen LogP contribution is 2.27. The Balaban J connectivity index is -0.000000421. The number of nitrogens with one attached hydrogen (secondary N) is 2. The van der Waals surface area contributed by atoms with E-state index in [0.29, 0.717) is 12.1 Å². The fourth-order valence-electron chi connectivity index (χ4n) is 2.60. The highest BCUT2D eigenvalue weighted by molar-refractivity contribution is 5.78. The number of benzene rings is 2. The quantitative estimate of drug-likeness (QED) is 0.331. The third-order valence-electron chi connectivity index (χ3n) is 3.84. The Labute approximate surface area is 140 Å². The summed E-state index contributed by atoms with van der Waals surface area (Å²) < 4.78 is 0. The molecule has 130 valence electrons. The summed E-state index contributed by atoms with van der Waals surface area (Å²) in [4.78, 5) is 11.3. The summed E-state index contributed by atoms with van der Waals surface area (Å²) in [5.74, 6) is -0.438. The van der Waals surface area contributed by atoms with Crippen molar-refractivity contribution in [3.63, 3.8) is 0 Å². The number of nitrogens with two attached hydrogens (primary N) is 1. The van der Waals surface area contributed by atoms with E-state index in [0.717, 1.165) is 24.1 Å². The van der Waals surface area contributed by atoms with E-state index in [4.69, 9.17) is 16.1 Å². The van der Waals surface area contributed by atoms with Crippen LogP contribution in [-0.4, -0.2) is 16.3 Å². The summed E-state index contributed by atoms with van der Waals surface area (Å²) in [6.07, 6.45) is 2.31. The van der Waals surface area contributed by atoms with Gasteiger partial charge in [0, 0.05) is 17.3 Å². The van der Waals surface area contributed by atoms with E-state index < -0.39 is 0 Å². The van der Waals surface area contributed by atoms with Crippen LogP contribution in [0.1, 0.15) is 23.3 Å². The number of fused-ring (bicyclic) bond motifs is 1. The van der Waals surface area contributed by atoms with Crippen LogP contribution in [-0.2, 0) is 17.6 Å². The fourth-order valence-corrected chi connectivity index (χ4v) is 2.60. The molecule has 6 N–H and O–H groups in total. The van der Waals surface area contributed by atoms with E-state index in [1.165, 1.54) is 5.56 Å². The number of anilines is 2. The number of nitrogen functional groups attached to an aromatic ring is 1. The van der Waals surface area contributed by atoms with Crippen LogP contribution in [0, 0.1) is 5.92 Å². The average molecular weight is 323 g/mol. The summed E-state index contributed by atoms with van der Waals surface area (Å²) in [5, 5.41) is 16.9. The lowest BCUT2D eigenvalue weighted by atomic mass is 9.83. The molecule has 0 saturated heterocycles. The zero-order chi connectivity index (χ0) is 16.7. The molecule has 0 saturated carbocycles. The predicted molar refractivity (Wildman–Crippen MR) is 96.6 cm³/mol. The van der Waals surface area contributed by atoms with Crippen molar-refractivity contribution in [3.8, 4) is 0 Å². The monoisotopic (exact) mass is 323 g/mol. The molecule has 2 aromatic carbocycles. The number of carbonyl (C=O) groups excluding carboxylic acids is 1. The summed E-state index contributed by atoms with van der Waals surface area (Å²) >= 11 is 0. The number of para-hydroxylation sites is 1. The number of carbonyl (C=O) groups is 1. The summed E-state index contributed by atoms with van der Waals surface area (Å²) in [7, 11) is 0. The van der Waals surface area contributed by atoms with Gasteiger partial charge in [0.15, 0.2) is 0 Å². The minimum Gasteiger partial charge on any atom is -0.399 e. The number of amides is 1. The van der Waals surface area contributed by atoms with Gasteiger partial charge in [-0.2, -0.15) is 0 Å². The minimum atomic E-state index is -0.303. The van der Waals surface area contributed by atoms with Crippen molar-refractivity contribution in [1.29, 1.82) is 0 Å². The molecule has 0 aromatic heterocycles. The van der Waals surface area contributed by atoms with E-state index in [-0.39, 0.29) is 17.5 Å². The maximum Gasteiger partial charge on any atom is 0.246 e. The third kappa shape index (κ3) is 4.70. The zero-order valence-electron chi connectivity index (χ0n) is 12.7. The fraction of sp³-hybridized carbons (Fsp3) is 0.235. The molecule has 1 atom stereocenters. The van der Waals surface area contributed by atoms with E-state index >= 15 is 0 Å². The molecule has 0 radical (unpaired) electrons. The summed E-state index contributed by atoms with van der Waals surface area (Å²) in [6.45, 7) is 0. The van der Waals surface area contributed by atoms with E-state index in [2.05, 4.69) is 0 Å². The number of hydrogen-bond donors (Lipinski definition) is 5. The van der Waals surface area contributed by atoms with Crippen LogP contribution in [0.3, 0.4) is 0 Å². The second-order valence-corrected chi connectivity index (χ2v) is 5.42. The van der Waals surface area contributed by atoms with Crippen molar-refractivity contribution in [2.45, 2.75) is 19.3 Å². The maximum absolute atomic E-state index is 11.3. The zero-order valence-corrected chi connectivity index (χ0v) is 12.7. The van der Waals surface area contributed by atoms with Gasteiger partial charge < -0.3 is 5.73 Å². The van der Waals surface area contributed by atoms with Crippen LogP contribution in [0.4, 0.5) is 11.4 Å². The molecule has 6 nitrogen and oxygen atoms in total. The lowest BCUT2D eigenvalue weighted by Gasteiger charge is -2.23. The van der Waals surface area contributed by atoms with Crippen molar-refractivity contribution in [2.24, 2.45) is 5.92 Å². The van der Waals surface area contributed by atoms with Gasteiger partial charge in [-0.15, -0.1) is 0 Å². The van der Waals surface area contributed by atoms with Crippen LogP contribution < -0.4 is 16.7 Å². The van der Waals surface area contributed by atoms with Gasteiger partial charge in [-0.05, 0) is 54.7 Å². The van der Waals surface area contributed by atoms with Crippen molar-refractivity contribution in [3.05, 3.63) is 59.7 Å². The van der Waals surface area contributed by atoms with Crippen LogP contribution in [0.2, 0.25) is 0 Å². The normalized spacial score (nSPS) is 15.7. The first-order valence-corrected chi connectivity index (χ1v) is 7.40. The van der Waals surface area contributed by atoms with Gasteiger partial charge in [-0.3, -0.25) is 20.7 Å². The molecular formula is C17H29N3O3. The molecule has 1 aliphatic rings. The lowest BCUT2D eigenvalue weighted by molar-refractivity contribution is -0.133. The van der Waals surface area contributed by atoms with Gasteiger partial charge in [0.2, 0.25) is 5.91 Å². The van der Waals surface area contributed by atoms with Crippen LogP contribution in [0.5, 0.6) is 0 Å². The molecule has 0 heterocycles. The van der Waals surface area contributed by atoms with Crippen molar-refractivity contribution in [1.82, 2.24) is 5.48 Å². The maximum atomic E-state index is 11.3. The van der Waals surface area contributed by atoms with E-state index in [9.17, 15) is 4.79 Å². The second kappa shape index (κ2) is 8.17. The number of hydrogen-bond acceptors (Lipinski definition) is 5. The molecule has 23 heavy (non-hydrogen) atoms. The molecule has 0 spiro atoms. The average Bonchev–Trinajstić information content (AvgIpc) is 2.61. The van der Waals surface area contributed by atoms with Gasteiger partial charge in [-0.1, -0.05) is 24.3 Å². The molecule has 0 fully saturated rings. The van der Waals surface area contributed by atoms with Gasteiger partial charge in [0.05, 0.1) is 5.69 Å².